The molecule has 192 valence electrons. The van der Waals surface area contributed by atoms with E-state index in [9.17, 15) is 5.26 Å². The Balaban J connectivity index is 0.00000294. The van der Waals surface area contributed by atoms with Gasteiger partial charge in [0.25, 0.3) is 0 Å². The Morgan fingerprint density at radius 3 is 2.61 bits per heavy atom. The number of aromatic nitrogens is 3. The number of benzene rings is 3. The van der Waals surface area contributed by atoms with E-state index in [0.29, 0.717) is 36.8 Å². The Morgan fingerprint density at radius 1 is 1.03 bits per heavy atom. The van der Waals surface area contributed by atoms with Gasteiger partial charge in [0.1, 0.15) is 17.4 Å². The molecule has 1 fully saturated rings. The zero-order valence-corrected chi connectivity index (χ0v) is 21.7. The fourth-order valence-electron chi connectivity index (χ4n) is 4.78. The fraction of sp³-hybridized carbons (Fsp3) is 0.207. The first kappa shape index (κ1) is 25.3. The molecule has 1 aliphatic heterocycles. The number of methoxy groups -OCH3 is 1. The molecular weight excluding hydrogens is 500 g/mol. The molecule has 0 unspecified atom stereocenters. The second-order valence-corrected chi connectivity index (χ2v) is 8.90. The summed E-state index contributed by atoms with van der Waals surface area (Å²) in [4.78, 5) is 7.12. The Labute approximate surface area is 226 Å². The maximum absolute atomic E-state index is 10.3. The first-order valence-corrected chi connectivity index (χ1v) is 12.3. The summed E-state index contributed by atoms with van der Waals surface area (Å²) in [6, 6.07) is 26.5. The van der Waals surface area contributed by atoms with Crippen LogP contribution < -0.4 is 15.0 Å². The lowest BCUT2D eigenvalue weighted by atomic mass is 10.1. The molecule has 9 heteroatoms. The van der Waals surface area contributed by atoms with Crippen molar-refractivity contribution in [3.63, 3.8) is 0 Å². The molecule has 0 radical (unpaired) electrons. The summed E-state index contributed by atoms with van der Waals surface area (Å²) in [6.07, 6.45) is 0. The monoisotopic (exact) mass is 526 g/mol. The van der Waals surface area contributed by atoms with Crippen molar-refractivity contribution >= 4 is 40.3 Å². The van der Waals surface area contributed by atoms with Gasteiger partial charge in [-0.05, 0) is 35.9 Å². The highest BCUT2D eigenvalue weighted by atomic mass is 35.5. The van der Waals surface area contributed by atoms with Crippen molar-refractivity contribution in [2.45, 2.75) is 6.54 Å². The molecule has 8 nitrogen and oxygen atoms in total. The molecular formula is C29H27ClN6O2. The van der Waals surface area contributed by atoms with Crippen LogP contribution in [0.2, 0.25) is 0 Å². The fourth-order valence-corrected chi connectivity index (χ4v) is 4.78. The van der Waals surface area contributed by atoms with Gasteiger partial charge in [-0.25, -0.2) is 9.50 Å². The number of nitrogens with one attached hydrogen (secondary N) is 1. The molecule has 1 N–H and O–H groups in total. The molecule has 38 heavy (non-hydrogen) atoms. The standard InChI is InChI=1S/C29H26N6O2.ClH/c1-36-23-9-5-8-21(16-23)28-32-29-25(18-30)27(31-19-20-6-3-2-4-7-20)24-17-22(34-12-14-37-15-13-34)10-11-26(24)35(29)33-28;/h2-11,16-17,31H,12-15,19H2,1H3;1H. The van der Waals surface area contributed by atoms with Gasteiger partial charge in [-0.3, -0.25) is 0 Å². The van der Waals surface area contributed by atoms with Crippen molar-refractivity contribution in [3.05, 3.63) is 83.9 Å². The van der Waals surface area contributed by atoms with Gasteiger partial charge in [0.15, 0.2) is 11.5 Å². The van der Waals surface area contributed by atoms with Gasteiger partial charge in [0.05, 0.1) is 31.5 Å². The molecule has 0 saturated carbocycles. The van der Waals surface area contributed by atoms with Gasteiger partial charge in [0, 0.05) is 36.3 Å². The lowest BCUT2D eigenvalue weighted by Gasteiger charge is -2.29. The van der Waals surface area contributed by atoms with Gasteiger partial charge in [0.2, 0.25) is 0 Å². The van der Waals surface area contributed by atoms with Crippen LogP contribution in [0.3, 0.4) is 0 Å². The van der Waals surface area contributed by atoms with Crippen LogP contribution in [0.5, 0.6) is 5.75 Å². The molecule has 2 aromatic heterocycles. The van der Waals surface area contributed by atoms with E-state index in [1.54, 1.807) is 11.6 Å². The normalized spacial score (nSPS) is 13.2. The second kappa shape index (κ2) is 11.0. The summed E-state index contributed by atoms with van der Waals surface area (Å²) in [7, 11) is 1.63. The number of hydrogen-bond donors (Lipinski definition) is 1. The number of nitriles is 1. The van der Waals surface area contributed by atoms with E-state index in [2.05, 4.69) is 46.6 Å². The molecule has 1 saturated heterocycles. The maximum atomic E-state index is 10.3. The quantitative estimate of drug-likeness (QED) is 0.321. The predicted octanol–water partition coefficient (Wildman–Crippen LogP) is 5.30. The van der Waals surface area contributed by atoms with Crippen LogP contribution in [-0.4, -0.2) is 48.0 Å². The van der Waals surface area contributed by atoms with E-state index < -0.39 is 0 Å². The van der Waals surface area contributed by atoms with E-state index in [-0.39, 0.29) is 12.4 Å². The topological polar surface area (TPSA) is 87.7 Å². The SMILES string of the molecule is COc1cccc(-c2nc3c(C#N)c(NCc4ccccc4)c4cc(N5CCOCC5)ccc4n3n2)c1.Cl. The molecule has 5 aromatic rings. The largest absolute Gasteiger partial charge is 0.497 e. The van der Waals surface area contributed by atoms with Crippen molar-refractivity contribution < 1.29 is 9.47 Å². The first-order valence-electron chi connectivity index (χ1n) is 12.3. The highest BCUT2D eigenvalue weighted by Gasteiger charge is 2.21. The number of ether oxygens (including phenoxy) is 2. The summed E-state index contributed by atoms with van der Waals surface area (Å²) in [5.41, 5.74) is 5.66. The molecule has 3 aromatic carbocycles. The van der Waals surface area contributed by atoms with Gasteiger partial charge >= 0.3 is 0 Å². The van der Waals surface area contributed by atoms with Crippen LogP contribution in [0.4, 0.5) is 11.4 Å². The van der Waals surface area contributed by atoms with Crippen molar-refractivity contribution in [3.8, 4) is 23.2 Å². The molecule has 6 rings (SSSR count). The van der Waals surface area contributed by atoms with E-state index in [4.69, 9.17) is 19.6 Å². The lowest BCUT2D eigenvalue weighted by Crippen LogP contribution is -2.36. The number of nitrogens with zero attached hydrogens (tertiary/aromatic N) is 5. The van der Waals surface area contributed by atoms with Crippen LogP contribution >= 0.6 is 12.4 Å². The molecule has 0 spiro atoms. The second-order valence-electron chi connectivity index (χ2n) is 8.90. The number of anilines is 2. The van der Waals surface area contributed by atoms with Crippen molar-refractivity contribution in [1.82, 2.24) is 14.6 Å². The number of pyridine rings is 1. The van der Waals surface area contributed by atoms with Crippen LogP contribution in [0.25, 0.3) is 27.9 Å². The molecule has 0 atom stereocenters. The summed E-state index contributed by atoms with van der Waals surface area (Å²) in [5, 5.41) is 19.6. The van der Waals surface area contributed by atoms with Crippen molar-refractivity contribution in [2.75, 3.05) is 43.6 Å². The lowest BCUT2D eigenvalue weighted by molar-refractivity contribution is 0.122. The van der Waals surface area contributed by atoms with E-state index >= 15 is 0 Å². The Hall–Kier alpha value is -4.32. The number of fused-ring (bicyclic) bond motifs is 3. The van der Waals surface area contributed by atoms with Crippen molar-refractivity contribution in [1.29, 1.82) is 5.26 Å². The Kier molecular flexibility index (Phi) is 7.31. The Morgan fingerprint density at radius 2 is 1.84 bits per heavy atom. The van der Waals surface area contributed by atoms with Gasteiger partial charge in [-0.1, -0.05) is 42.5 Å². The number of halogens is 1. The Bertz CT molecular complexity index is 1620. The predicted molar refractivity (Wildman–Crippen MR) is 151 cm³/mol. The molecule has 0 aliphatic carbocycles. The highest BCUT2D eigenvalue weighted by molar-refractivity contribution is 6.00. The van der Waals surface area contributed by atoms with E-state index in [1.807, 2.05) is 42.5 Å². The third-order valence-electron chi connectivity index (χ3n) is 6.69. The maximum Gasteiger partial charge on any atom is 0.182 e. The summed E-state index contributed by atoms with van der Waals surface area (Å²) in [6.45, 7) is 3.64. The number of hydrogen-bond acceptors (Lipinski definition) is 7. The van der Waals surface area contributed by atoms with Crippen LogP contribution in [0.1, 0.15) is 11.1 Å². The van der Waals surface area contributed by atoms with E-state index in [1.165, 1.54) is 0 Å². The zero-order valence-electron chi connectivity index (χ0n) is 20.9. The minimum atomic E-state index is 0. The number of rotatable bonds is 6. The minimum Gasteiger partial charge on any atom is -0.497 e. The third kappa shape index (κ3) is 4.70. The summed E-state index contributed by atoms with van der Waals surface area (Å²) >= 11 is 0. The number of morpholine rings is 1. The average molecular weight is 527 g/mol. The van der Waals surface area contributed by atoms with E-state index in [0.717, 1.165) is 52.2 Å². The first-order chi connectivity index (χ1) is 18.2. The van der Waals surface area contributed by atoms with Gasteiger partial charge in [-0.15, -0.1) is 17.5 Å². The van der Waals surface area contributed by atoms with Crippen LogP contribution in [-0.2, 0) is 11.3 Å². The highest BCUT2D eigenvalue weighted by Crippen LogP contribution is 2.35. The smallest absolute Gasteiger partial charge is 0.182 e. The van der Waals surface area contributed by atoms with Gasteiger partial charge in [-0.2, -0.15) is 5.26 Å². The minimum absolute atomic E-state index is 0. The van der Waals surface area contributed by atoms with Crippen molar-refractivity contribution in [2.24, 2.45) is 0 Å². The molecule has 0 bridgehead atoms. The van der Waals surface area contributed by atoms with Crippen LogP contribution in [0.15, 0.2) is 72.8 Å². The molecule has 0 amide bonds. The molecule has 3 heterocycles. The molecule has 1 aliphatic rings. The average Bonchev–Trinajstić information content (AvgIpc) is 3.42. The summed E-state index contributed by atoms with van der Waals surface area (Å²) < 4.78 is 12.7. The third-order valence-corrected chi connectivity index (χ3v) is 6.69. The van der Waals surface area contributed by atoms with Crippen LogP contribution in [0, 0.1) is 11.3 Å². The van der Waals surface area contributed by atoms with Gasteiger partial charge < -0.3 is 19.7 Å². The summed E-state index contributed by atoms with van der Waals surface area (Å²) in [5.74, 6) is 1.26. The zero-order chi connectivity index (χ0) is 25.2.